The topological polar surface area (TPSA) is 60.0 Å². The Morgan fingerprint density at radius 2 is 2.26 bits per heavy atom. The van der Waals surface area contributed by atoms with Crippen LogP contribution in [0.25, 0.3) is 5.65 Å². The Kier molecular flexibility index (Phi) is 3.20. The van der Waals surface area contributed by atoms with Gasteiger partial charge >= 0.3 is 0 Å². The molecule has 0 aromatic carbocycles. The van der Waals surface area contributed by atoms with Crippen LogP contribution in [0, 0.1) is 0 Å². The summed E-state index contributed by atoms with van der Waals surface area (Å²) in [5.74, 6) is 0.633. The molecule has 0 spiro atoms. The molecule has 0 fully saturated rings. The highest BCUT2D eigenvalue weighted by Crippen LogP contribution is 2.16. The third kappa shape index (κ3) is 2.46. The Hall–Kier alpha value is -1.89. The lowest BCUT2D eigenvalue weighted by atomic mass is 10.3. The van der Waals surface area contributed by atoms with Crippen LogP contribution in [0.3, 0.4) is 0 Å². The molecule has 3 aromatic heterocycles. The summed E-state index contributed by atoms with van der Waals surface area (Å²) in [4.78, 5) is 4.42. The second-order valence-corrected chi connectivity index (χ2v) is 5.04. The van der Waals surface area contributed by atoms with Crippen molar-refractivity contribution in [3.05, 3.63) is 40.8 Å². The van der Waals surface area contributed by atoms with E-state index in [2.05, 4.69) is 36.4 Å². The molecule has 98 valence electrons. The molecular formula is C12H13BrN6. The van der Waals surface area contributed by atoms with Crippen molar-refractivity contribution in [3.63, 3.8) is 0 Å². The number of nitrogens with one attached hydrogen (secondary N) is 1. The zero-order valence-electron chi connectivity index (χ0n) is 10.4. The molecule has 19 heavy (non-hydrogen) atoms. The molecule has 0 bridgehead atoms. The molecule has 0 amide bonds. The maximum absolute atomic E-state index is 4.42. The molecule has 6 nitrogen and oxygen atoms in total. The number of aromatic nitrogens is 5. The van der Waals surface area contributed by atoms with E-state index in [1.807, 2.05) is 36.1 Å². The minimum Gasteiger partial charge on any atom is -0.353 e. The first-order valence-corrected chi connectivity index (χ1v) is 6.75. The Labute approximate surface area is 118 Å². The van der Waals surface area contributed by atoms with Gasteiger partial charge in [0.25, 0.3) is 0 Å². The summed E-state index contributed by atoms with van der Waals surface area (Å²) in [6, 6.07) is 5.88. The van der Waals surface area contributed by atoms with Crippen molar-refractivity contribution < 1.29 is 0 Å². The fraction of sp³-hybridized carbons (Fsp3) is 0.250. The summed E-state index contributed by atoms with van der Waals surface area (Å²) in [7, 11) is 1.94. The molecule has 0 aliphatic rings. The fourth-order valence-electron chi connectivity index (χ4n) is 1.90. The van der Waals surface area contributed by atoms with Gasteiger partial charge in [0.15, 0.2) is 5.65 Å². The molecule has 0 aliphatic carbocycles. The molecule has 3 heterocycles. The largest absolute Gasteiger partial charge is 0.353 e. The van der Waals surface area contributed by atoms with Crippen molar-refractivity contribution in [2.24, 2.45) is 7.05 Å². The number of hydrogen-bond acceptors (Lipinski definition) is 4. The van der Waals surface area contributed by atoms with E-state index in [1.54, 1.807) is 10.7 Å². The lowest BCUT2D eigenvalue weighted by molar-refractivity contribution is 0.710. The van der Waals surface area contributed by atoms with Gasteiger partial charge in [-0.15, -0.1) is 5.10 Å². The van der Waals surface area contributed by atoms with E-state index >= 15 is 0 Å². The standard InChI is InChI=1S/C12H13BrN6/c1-18-9(5-7-15-18)4-6-14-12-16-11-10(13)3-2-8-19(11)17-12/h2-3,5,7-8H,4,6H2,1H3,(H,14,17). The zero-order chi connectivity index (χ0) is 13.2. The van der Waals surface area contributed by atoms with E-state index in [1.165, 1.54) is 5.69 Å². The molecule has 1 N–H and O–H groups in total. The van der Waals surface area contributed by atoms with Crippen molar-refractivity contribution in [3.8, 4) is 0 Å². The van der Waals surface area contributed by atoms with Gasteiger partial charge in [0.05, 0.1) is 4.47 Å². The Morgan fingerprint density at radius 1 is 1.37 bits per heavy atom. The molecule has 0 aliphatic heterocycles. The number of rotatable bonds is 4. The van der Waals surface area contributed by atoms with E-state index in [9.17, 15) is 0 Å². The van der Waals surface area contributed by atoms with Crippen LogP contribution in [0.5, 0.6) is 0 Å². The van der Waals surface area contributed by atoms with Gasteiger partial charge in [-0.05, 0) is 34.1 Å². The molecule has 7 heteroatoms. The predicted molar refractivity (Wildman–Crippen MR) is 76.1 cm³/mol. The minimum absolute atomic E-state index is 0.633. The zero-order valence-corrected chi connectivity index (χ0v) is 12.0. The summed E-state index contributed by atoms with van der Waals surface area (Å²) in [6.45, 7) is 0.772. The van der Waals surface area contributed by atoms with Crippen molar-refractivity contribution in [1.82, 2.24) is 24.4 Å². The van der Waals surface area contributed by atoms with E-state index in [0.717, 1.165) is 23.1 Å². The van der Waals surface area contributed by atoms with Crippen LogP contribution in [0.2, 0.25) is 0 Å². The van der Waals surface area contributed by atoms with Crippen LogP contribution >= 0.6 is 15.9 Å². The summed E-state index contributed by atoms with van der Waals surface area (Å²) in [6.07, 6.45) is 4.56. The molecular weight excluding hydrogens is 308 g/mol. The van der Waals surface area contributed by atoms with Gasteiger partial charge in [-0.2, -0.15) is 10.1 Å². The van der Waals surface area contributed by atoms with E-state index in [0.29, 0.717) is 5.95 Å². The van der Waals surface area contributed by atoms with Gasteiger partial charge in [0.2, 0.25) is 5.95 Å². The van der Waals surface area contributed by atoms with Crippen molar-refractivity contribution >= 4 is 27.5 Å². The third-order valence-corrected chi connectivity index (χ3v) is 3.52. The number of fused-ring (bicyclic) bond motifs is 1. The number of aryl methyl sites for hydroxylation is 1. The second kappa shape index (κ2) is 5.00. The van der Waals surface area contributed by atoms with Gasteiger partial charge in [-0.1, -0.05) is 0 Å². The van der Waals surface area contributed by atoms with Gasteiger partial charge in [0.1, 0.15) is 0 Å². The average Bonchev–Trinajstić information content (AvgIpc) is 2.97. The SMILES string of the molecule is Cn1nccc1CCNc1nc2c(Br)cccn2n1. The highest BCUT2D eigenvalue weighted by molar-refractivity contribution is 9.10. The molecule has 3 aromatic rings. The highest BCUT2D eigenvalue weighted by Gasteiger charge is 2.06. The van der Waals surface area contributed by atoms with E-state index in [4.69, 9.17) is 0 Å². The highest BCUT2D eigenvalue weighted by atomic mass is 79.9. The molecule has 0 unspecified atom stereocenters. The van der Waals surface area contributed by atoms with Crippen LogP contribution in [-0.2, 0) is 13.5 Å². The first-order chi connectivity index (χ1) is 9.24. The maximum Gasteiger partial charge on any atom is 0.243 e. The summed E-state index contributed by atoms with van der Waals surface area (Å²) in [5, 5.41) is 11.7. The Bertz CT molecular complexity index is 701. The molecule has 0 radical (unpaired) electrons. The van der Waals surface area contributed by atoms with Gasteiger partial charge in [0, 0.05) is 38.1 Å². The molecule has 3 rings (SSSR count). The average molecular weight is 321 g/mol. The molecule has 0 saturated heterocycles. The summed E-state index contributed by atoms with van der Waals surface area (Å²) in [5.41, 5.74) is 1.99. The molecule has 0 saturated carbocycles. The first kappa shape index (κ1) is 12.2. The van der Waals surface area contributed by atoms with Crippen LogP contribution in [0.4, 0.5) is 5.95 Å². The minimum atomic E-state index is 0.633. The van der Waals surface area contributed by atoms with Crippen LogP contribution in [0.15, 0.2) is 35.1 Å². The number of halogens is 1. The number of anilines is 1. The number of pyridine rings is 1. The second-order valence-electron chi connectivity index (χ2n) is 4.18. The van der Waals surface area contributed by atoms with Gasteiger partial charge < -0.3 is 5.32 Å². The lowest BCUT2D eigenvalue weighted by Gasteiger charge is -2.02. The van der Waals surface area contributed by atoms with Crippen molar-refractivity contribution in [2.45, 2.75) is 6.42 Å². The van der Waals surface area contributed by atoms with Crippen molar-refractivity contribution in [2.75, 3.05) is 11.9 Å². The summed E-state index contributed by atoms with van der Waals surface area (Å²) >= 11 is 3.46. The fourth-order valence-corrected chi connectivity index (χ4v) is 2.32. The third-order valence-electron chi connectivity index (χ3n) is 2.90. The van der Waals surface area contributed by atoms with E-state index < -0.39 is 0 Å². The van der Waals surface area contributed by atoms with Crippen LogP contribution in [0.1, 0.15) is 5.69 Å². The summed E-state index contributed by atoms with van der Waals surface area (Å²) < 4.78 is 4.55. The monoisotopic (exact) mass is 320 g/mol. The van der Waals surface area contributed by atoms with Crippen LogP contribution < -0.4 is 5.32 Å². The van der Waals surface area contributed by atoms with Crippen LogP contribution in [-0.4, -0.2) is 30.9 Å². The molecule has 0 atom stereocenters. The van der Waals surface area contributed by atoms with Gasteiger partial charge in [-0.25, -0.2) is 4.52 Å². The number of hydrogen-bond donors (Lipinski definition) is 1. The number of nitrogens with zero attached hydrogens (tertiary/aromatic N) is 5. The predicted octanol–water partition coefficient (Wildman–Crippen LogP) is 1.88. The smallest absolute Gasteiger partial charge is 0.243 e. The van der Waals surface area contributed by atoms with Crippen molar-refractivity contribution in [1.29, 1.82) is 0 Å². The maximum atomic E-state index is 4.42. The lowest BCUT2D eigenvalue weighted by Crippen LogP contribution is -2.09. The first-order valence-electron chi connectivity index (χ1n) is 5.96. The Balaban J connectivity index is 1.69. The Morgan fingerprint density at radius 3 is 3.00 bits per heavy atom. The van der Waals surface area contributed by atoms with E-state index in [-0.39, 0.29) is 0 Å². The normalized spacial score (nSPS) is 11.1. The van der Waals surface area contributed by atoms with Gasteiger partial charge in [-0.3, -0.25) is 4.68 Å². The quantitative estimate of drug-likeness (QED) is 0.797.